The average Bonchev–Trinajstić information content (AvgIpc) is 2.75. The molecular weight excluding hydrogens is 402 g/mol. The first-order valence-electron chi connectivity index (χ1n) is 9.24. The van der Waals surface area contributed by atoms with Crippen molar-refractivity contribution in [1.82, 2.24) is 4.98 Å². The number of aromatic nitrogens is 1. The quantitative estimate of drug-likeness (QED) is 0.277. The fraction of sp³-hybridized carbons (Fsp3) is 0.0417. The van der Waals surface area contributed by atoms with E-state index in [4.69, 9.17) is 20.4 Å². The molecule has 0 fully saturated rings. The standard InChI is InChI=1S/C24H14ClNO4/c1-13-21(14-5-7-15(25)8-6-14)22(27)16-9-10-20-18(23(16)29-13)12-17(24(28)30-20)19-4-2-3-11-26-19/h2-12H,1H3. The molecule has 30 heavy (non-hydrogen) atoms. The average molecular weight is 416 g/mol. The van der Waals surface area contributed by atoms with Gasteiger partial charge in [-0.15, -0.1) is 0 Å². The number of hydrogen-bond acceptors (Lipinski definition) is 5. The number of aryl methyl sites for hydroxylation is 1. The van der Waals surface area contributed by atoms with Crippen molar-refractivity contribution < 1.29 is 8.83 Å². The summed E-state index contributed by atoms with van der Waals surface area (Å²) in [7, 11) is 0. The van der Waals surface area contributed by atoms with Crippen LogP contribution in [-0.4, -0.2) is 4.98 Å². The summed E-state index contributed by atoms with van der Waals surface area (Å²) in [5, 5.41) is 1.53. The Balaban J connectivity index is 1.83. The van der Waals surface area contributed by atoms with Crippen LogP contribution in [0.4, 0.5) is 0 Å². The monoisotopic (exact) mass is 415 g/mol. The number of fused-ring (bicyclic) bond motifs is 3. The van der Waals surface area contributed by atoms with Crippen LogP contribution < -0.4 is 11.1 Å². The van der Waals surface area contributed by atoms with Crippen LogP contribution in [0.3, 0.4) is 0 Å². The molecule has 0 spiro atoms. The van der Waals surface area contributed by atoms with Crippen LogP contribution >= 0.6 is 11.6 Å². The molecule has 5 aromatic rings. The van der Waals surface area contributed by atoms with Gasteiger partial charge in [0.25, 0.3) is 0 Å². The molecule has 0 N–H and O–H groups in total. The van der Waals surface area contributed by atoms with E-state index in [0.717, 1.165) is 5.56 Å². The van der Waals surface area contributed by atoms with Gasteiger partial charge >= 0.3 is 5.63 Å². The molecule has 0 aliphatic heterocycles. The molecule has 0 aliphatic carbocycles. The molecule has 0 saturated carbocycles. The topological polar surface area (TPSA) is 73.3 Å². The Morgan fingerprint density at radius 3 is 2.43 bits per heavy atom. The van der Waals surface area contributed by atoms with E-state index in [1.165, 1.54) is 0 Å². The lowest BCUT2D eigenvalue weighted by Crippen LogP contribution is -2.08. The fourth-order valence-corrected chi connectivity index (χ4v) is 3.73. The number of halogens is 1. The van der Waals surface area contributed by atoms with Gasteiger partial charge in [0, 0.05) is 11.2 Å². The third kappa shape index (κ3) is 2.91. The first kappa shape index (κ1) is 18.3. The third-order valence-corrected chi connectivity index (χ3v) is 5.27. The van der Waals surface area contributed by atoms with Crippen LogP contribution in [0.25, 0.3) is 44.3 Å². The normalized spacial score (nSPS) is 11.3. The van der Waals surface area contributed by atoms with Crippen molar-refractivity contribution in [3.8, 4) is 22.4 Å². The van der Waals surface area contributed by atoms with E-state index in [0.29, 0.717) is 49.5 Å². The first-order valence-corrected chi connectivity index (χ1v) is 9.62. The highest BCUT2D eigenvalue weighted by Crippen LogP contribution is 2.30. The van der Waals surface area contributed by atoms with E-state index in [9.17, 15) is 9.59 Å². The maximum absolute atomic E-state index is 13.3. The smallest absolute Gasteiger partial charge is 0.345 e. The highest BCUT2D eigenvalue weighted by Gasteiger charge is 2.18. The minimum Gasteiger partial charge on any atom is -0.460 e. The Bertz CT molecular complexity index is 1530. The summed E-state index contributed by atoms with van der Waals surface area (Å²) < 4.78 is 11.6. The number of hydrogen-bond donors (Lipinski definition) is 0. The summed E-state index contributed by atoms with van der Waals surface area (Å²) in [5.41, 5.74) is 2.03. The second-order valence-electron chi connectivity index (χ2n) is 6.89. The molecule has 3 aromatic heterocycles. The van der Waals surface area contributed by atoms with E-state index >= 15 is 0 Å². The summed E-state index contributed by atoms with van der Waals surface area (Å²) in [6.07, 6.45) is 1.60. The van der Waals surface area contributed by atoms with Crippen molar-refractivity contribution in [2.24, 2.45) is 0 Å². The van der Waals surface area contributed by atoms with Gasteiger partial charge in [-0.1, -0.05) is 29.8 Å². The summed E-state index contributed by atoms with van der Waals surface area (Å²) in [6.45, 7) is 1.74. The number of nitrogens with zero attached hydrogens (tertiary/aromatic N) is 1. The lowest BCUT2D eigenvalue weighted by molar-refractivity contribution is 0.555. The molecule has 2 aromatic carbocycles. The Morgan fingerprint density at radius 2 is 1.70 bits per heavy atom. The zero-order valence-electron chi connectivity index (χ0n) is 15.8. The molecule has 3 heterocycles. The van der Waals surface area contributed by atoms with E-state index in [1.807, 2.05) is 0 Å². The second kappa shape index (κ2) is 6.97. The highest BCUT2D eigenvalue weighted by molar-refractivity contribution is 6.30. The first-order chi connectivity index (χ1) is 14.5. The summed E-state index contributed by atoms with van der Waals surface area (Å²) >= 11 is 5.97. The molecule has 5 nitrogen and oxygen atoms in total. The Labute approximate surface area is 175 Å². The van der Waals surface area contributed by atoms with Gasteiger partial charge in [-0.25, -0.2) is 4.79 Å². The third-order valence-electron chi connectivity index (χ3n) is 5.02. The molecule has 0 amide bonds. The number of rotatable bonds is 2. The lowest BCUT2D eigenvalue weighted by atomic mass is 10.0. The van der Waals surface area contributed by atoms with Crippen LogP contribution in [0.1, 0.15) is 5.76 Å². The fourth-order valence-electron chi connectivity index (χ4n) is 3.60. The lowest BCUT2D eigenvalue weighted by Gasteiger charge is -2.09. The van der Waals surface area contributed by atoms with Gasteiger partial charge in [0.1, 0.15) is 16.9 Å². The predicted molar refractivity (Wildman–Crippen MR) is 117 cm³/mol. The van der Waals surface area contributed by atoms with Crippen molar-refractivity contribution >= 4 is 33.5 Å². The van der Waals surface area contributed by atoms with Crippen LogP contribution in [-0.2, 0) is 0 Å². The van der Waals surface area contributed by atoms with Crippen molar-refractivity contribution in [2.45, 2.75) is 6.92 Å². The van der Waals surface area contributed by atoms with Crippen LogP contribution in [0, 0.1) is 6.92 Å². The summed E-state index contributed by atoms with van der Waals surface area (Å²) in [5.74, 6) is 0.466. The van der Waals surface area contributed by atoms with Crippen LogP contribution in [0.2, 0.25) is 5.02 Å². The van der Waals surface area contributed by atoms with Crippen molar-refractivity contribution in [2.75, 3.05) is 0 Å². The van der Waals surface area contributed by atoms with Gasteiger partial charge in [0.15, 0.2) is 0 Å². The molecule has 0 saturated heterocycles. The molecule has 5 rings (SSSR count). The molecule has 0 aliphatic rings. The Hall–Kier alpha value is -3.70. The van der Waals surface area contributed by atoms with Crippen LogP contribution in [0.15, 0.2) is 85.3 Å². The van der Waals surface area contributed by atoms with Crippen molar-refractivity contribution in [3.63, 3.8) is 0 Å². The van der Waals surface area contributed by atoms with Crippen LogP contribution in [0.5, 0.6) is 0 Å². The second-order valence-corrected chi connectivity index (χ2v) is 7.32. The maximum atomic E-state index is 13.3. The molecule has 146 valence electrons. The minimum absolute atomic E-state index is 0.163. The highest BCUT2D eigenvalue weighted by atomic mass is 35.5. The minimum atomic E-state index is -0.502. The molecular formula is C24H14ClNO4. The van der Waals surface area contributed by atoms with E-state index in [2.05, 4.69) is 4.98 Å². The maximum Gasteiger partial charge on any atom is 0.345 e. The van der Waals surface area contributed by atoms with Gasteiger partial charge in [-0.3, -0.25) is 9.78 Å². The Morgan fingerprint density at radius 1 is 0.900 bits per heavy atom. The zero-order valence-corrected chi connectivity index (χ0v) is 16.6. The van der Waals surface area contributed by atoms with Crippen molar-refractivity contribution in [3.05, 3.63) is 98.3 Å². The molecule has 0 bridgehead atoms. The zero-order chi connectivity index (χ0) is 20.8. The van der Waals surface area contributed by atoms with Gasteiger partial charge < -0.3 is 8.83 Å². The molecule has 6 heteroatoms. The predicted octanol–water partition coefficient (Wildman–Crippen LogP) is 5.59. The molecule has 0 radical (unpaired) electrons. The van der Waals surface area contributed by atoms with Gasteiger partial charge in [0.2, 0.25) is 5.43 Å². The van der Waals surface area contributed by atoms with Gasteiger partial charge in [-0.2, -0.15) is 0 Å². The van der Waals surface area contributed by atoms with Gasteiger partial charge in [-0.05, 0) is 55.0 Å². The van der Waals surface area contributed by atoms with E-state index < -0.39 is 5.63 Å². The van der Waals surface area contributed by atoms with E-state index in [1.54, 1.807) is 73.8 Å². The number of pyridine rings is 1. The Kier molecular flexibility index (Phi) is 4.26. The SMILES string of the molecule is Cc1oc2c(ccc3oc(=O)c(-c4ccccn4)cc32)c(=O)c1-c1ccc(Cl)cc1. The molecule has 0 atom stereocenters. The van der Waals surface area contributed by atoms with Gasteiger partial charge in [0.05, 0.1) is 27.6 Å². The summed E-state index contributed by atoms with van der Waals surface area (Å²) in [6, 6.07) is 17.2. The molecule has 0 unspecified atom stereocenters. The number of benzene rings is 2. The largest absolute Gasteiger partial charge is 0.460 e. The van der Waals surface area contributed by atoms with E-state index in [-0.39, 0.29) is 5.43 Å². The summed E-state index contributed by atoms with van der Waals surface area (Å²) in [4.78, 5) is 30.0. The van der Waals surface area contributed by atoms with Crippen molar-refractivity contribution in [1.29, 1.82) is 0 Å².